The van der Waals surface area contributed by atoms with Crippen molar-refractivity contribution in [3.8, 4) is 0 Å². The van der Waals surface area contributed by atoms with Crippen molar-refractivity contribution >= 4 is 17.5 Å². The minimum absolute atomic E-state index is 0.0998. The van der Waals surface area contributed by atoms with Crippen LogP contribution in [-0.4, -0.2) is 21.5 Å². The van der Waals surface area contributed by atoms with Gasteiger partial charge in [-0.2, -0.15) is 0 Å². The SMILES string of the molecule is CC(C)NC(=O)C1CCC(Cl)(n2ccnc2)CC1. The number of halogens is 1. The van der Waals surface area contributed by atoms with E-state index in [2.05, 4.69) is 10.3 Å². The fourth-order valence-corrected chi connectivity index (χ4v) is 2.80. The van der Waals surface area contributed by atoms with Crippen LogP contribution >= 0.6 is 11.6 Å². The van der Waals surface area contributed by atoms with Crippen LogP contribution in [-0.2, 0) is 9.79 Å². The molecule has 0 aromatic carbocycles. The summed E-state index contributed by atoms with van der Waals surface area (Å²) in [6.45, 7) is 3.97. The molecule has 0 spiro atoms. The molecule has 1 heterocycles. The number of nitrogens with zero attached hydrogens (tertiary/aromatic N) is 2. The van der Waals surface area contributed by atoms with Gasteiger partial charge in [-0.1, -0.05) is 11.6 Å². The van der Waals surface area contributed by atoms with Gasteiger partial charge < -0.3 is 9.88 Å². The Morgan fingerprint density at radius 3 is 2.67 bits per heavy atom. The van der Waals surface area contributed by atoms with Crippen molar-refractivity contribution in [2.45, 2.75) is 50.6 Å². The summed E-state index contributed by atoms with van der Waals surface area (Å²) in [7, 11) is 0. The third kappa shape index (κ3) is 2.86. The zero-order valence-corrected chi connectivity index (χ0v) is 11.7. The highest BCUT2D eigenvalue weighted by molar-refractivity contribution is 6.22. The lowest BCUT2D eigenvalue weighted by Gasteiger charge is -2.35. The van der Waals surface area contributed by atoms with E-state index >= 15 is 0 Å². The number of aromatic nitrogens is 2. The summed E-state index contributed by atoms with van der Waals surface area (Å²) in [4.78, 5) is 15.6. The molecule has 100 valence electrons. The molecule has 0 aliphatic heterocycles. The summed E-state index contributed by atoms with van der Waals surface area (Å²) in [6.07, 6.45) is 8.66. The lowest BCUT2D eigenvalue weighted by molar-refractivity contribution is -0.126. The number of amides is 1. The fourth-order valence-electron chi connectivity index (χ4n) is 2.48. The molecule has 1 aliphatic carbocycles. The quantitative estimate of drug-likeness (QED) is 0.857. The number of hydrogen-bond acceptors (Lipinski definition) is 2. The van der Waals surface area contributed by atoms with Gasteiger partial charge in [-0.05, 0) is 39.5 Å². The first-order chi connectivity index (χ1) is 8.51. The van der Waals surface area contributed by atoms with Gasteiger partial charge in [0, 0.05) is 24.4 Å². The zero-order valence-electron chi connectivity index (χ0n) is 10.9. The van der Waals surface area contributed by atoms with Crippen molar-refractivity contribution in [1.29, 1.82) is 0 Å². The third-order valence-corrected chi connectivity index (χ3v) is 4.09. The molecule has 0 atom stereocenters. The van der Waals surface area contributed by atoms with Crippen molar-refractivity contribution < 1.29 is 4.79 Å². The Morgan fingerprint density at radius 2 is 2.17 bits per heavy atom. The molecule has 2 rings (SSSR count). The molecule has 0 radical (unpaired) electrons. The van der Waals surface area contributed by atoms with Crippen LogP contribution in [0.25, 0.3) is 0 Å². The van der Waals surface area contributed by atoms with Crippen LogP contribution in [0.2, 0.25) is 0 Å². The van der Waals surface area contributed by atoms with Crippen LogP contribution in [0.1, 0.15) is 39.5 Å². The monoisotopic (exact) mass is 269 g/mol. The van der Waals surface area contributed by atoms with Gasteiger partial charge in [0.05, 0.1) is 6.33 Å². The normalized spacial score (nSPS) is 28.3. The highest BCUT2D eigenvalue weighted by Gasteiger charge is 2.37. The molecule has 18 heavy (non-hydrogen) atoms. The maximum atomic E-state index is 11.9. The summed E-state index contributed by atoms with van der Waals surface area (Å²) >= 11 is 6.61. The molecule has 1 aromatic heterocycles. The molecule has 1 aromatic rings. The van der Waals surface area contributed by atoms with Crippen molar-refractivity contribution in [3.05, 3.63) is 18.7 Å². The Hall–Kier alpha value is -1.03. The van der Waals surface area contributed by atoms with Crippen molar-refractivity contribution in [3.63, 3.8) is 0 Å². The maximum Gasteiger partial charge on any atom is 0.223 e. The van der Waals surface area contributed by atoms with E-state index in [-0.39, 0.29) is 17.9 Å². The topological polar surface area (TPSA) is 46.9 Å². The van der Waals surface area contributed by atoms with Gasteiger partial charge in [0.1, 0.15) is 5.00 Å². The zero-order chi connectivity index (χ0) is 13.2. The highest BCUT2D eigenvalue weighted by atomic mass is 35.5. The Kier molecular flexibility index (Phi) is 3.95. The van der Waals surface area contributed by atoms with Gasteiger partial charge in [-0.3, -0.25) is 4.79 Å². The van der Waals surface area contributed by atoms with Crippen molar-refractivity contribution in [1.82, 2.24) is 14.9 Å². The number of alkyl halides is 1. The number of hydrogen-bond donors (Lipinski definition) is 1. The van der Waals surface area contributed by atoms with E-state index in [0.29, 0.717) is 0 Å². The first-order valence-corrected chi connectivity index (χ1v) is 6.87. The second-order valence-corrected chi connectivity index (χ2v) is 6.03. The van der Waals surface area contributed by atoms with Crippen LogP contribution in [0.5, 0.6) is 0 Å². The molecule has 5 heteroatoms. The van der Waals surface area contributed by atoms with Crippen LogP contribution in [0.15, 0.2) is 18.7 Å². The predicted octanol–water partition coefficient (Wildman–Crippen LogP) is 2.49. The number of nitrogens with one attached hydrogen (secondary N) is 1. The summed E-state index contributed by atoms with van der Waals surface area (Å²) in [5, 5.41) is 2.97. The molecule has 1 amide bonds. The molecule has 0 unspecified atom stereocenters. The lowest BCUT2D eigenvalue weighted by atomic mass is 9.84. The minimum Gasteiger partial charge on any atom is -0.354 e. The van der Waals surface area contributed by atoms with E-state index < -0.39 is 5.00 Å². The molecular weight excluding hydrogens is 250 g/mol. The van der Waals surface area contributed by atoms with E-state index in [1.807, 2.05) is 24.6 Å². The molecular formula is C13H20ClN3O. The number of imidazole rings is 1. The van der Waals surface area contributed by atoms with Crippen LogP contribution in [0.4, 0.5) is 0 Å². The first kappa shape index (κ1) is 13.4. The van der Waals surface area contributed by atoms with Gasteiger partial charge in [-0.15, -0.1) is 0 Å². The molecule has 1 fully saturated rings. The molecule has 0 bridgehead atoms. The first-order valence-electron chi connectivity index (χ1n) is 6.49. The van der Waals surface area contributed by atoms with E-state index in [1.165, 1.54) is 0 Å². The lowest BCUT2D eigenvalue weighted by Crippen LogP contribution is -2.40. The Balaban J connectivity index is 1.94. The average molecular weight is 270 g/mol. The molecule has 1 aliphatic rings. The Bertz CT molecular complexity index is 394. The number of carbonyl (C=O) groups excluding carboxylic acids is 1. The maximum absolute atomic E-state index is 11.9. The van der Waals surface area contributed by atoms with Gasteiger partial charge >= 0.3 is 0 Å². The van der Waals surface area contributed by atoms with E-state index in [9.17, 15) is 4.79 Å². The molecule has 1 N–H and O–H groups in total. The summed E-state index contributed by atoms with van der Waals surface area (Å²) in [5.41, 5.74) is 0. The van der Waals surface area contributed by atoms with Crippen LogP contribution < -0.4 is 5.32 Å². The summed E-state index contributed by atoms with van der Waals surface area (Å²) in [5.74, 6) is 0.261. The van der Waals surface area contributed by atoms with E-state index in [0.717, 1.165) is 25.7 Å². The molecule has 4 nitrogen and oxygen atoms in total. The standard InChI is InChI=1S/C13H20ClN3O/c1-10(2)16-12(18)11-3-5-13(14,6-4-11)17-8-7-15-9-17/h7-11H,3-6H2,1-2H3,(H,16,18). The molecule has 0 saturated heterocycles. The second-order valence-electron chi connectivity index (χ2n) is 5.33. The highest BCUT2D eigenvalue weighted by Crippen LogP contribution is 2.40. The smallest absolute Gasteiger partial charge is 0.223 e. The van der Waals surface area contributed by atoms with Crippen LogP contribution in [0.3, 0.4) is 0 Å². The second kappa shape index (κ2) is 5.31. The van der Waals surface area contributed by atoms with E-state index in [1.54, 1.807) is 12.5 Å². The van der Waals surface area contributed by atoms with Crippen LogP contribution in [0, 0.1) is 5.92 Å². The fraction of sp³-hybridized carbons (Fsp3) is 0.692. The third-order valence-electron chi connectivity index (χ3n) is 3.52. The Morgan fingerprint density at radius 1 is 1.50 bits per heavy atom. The average Bonchev–Trinajstić information content (AvgIpc) is 2.83. The van der Waals surface area contributed by atoms with Gasteiger partial charge in [0.25, 0.3) is 0 Å². The minimum atomic E-state index is -0.398. The predicted molar refractivity (Wildman–Crippen MR) is 71.3 cm³/mol. The van der Waals surface area contributed by atoms with Gasteiger partial charge in [-0.25, -0.2) is 4.98 Å². The number of carbonyl (C=O) groups is 1. The number of rotatable bonds is 3. The van der Waals surface area contributed by atoms with Gasteiger partial charge in [0.15, 0.2) is 0 Å². The van der Waals surface area contributed by atoms with Crippen molar-refractivity contribution in [2.24, 2.45) is 5.92 Å². The van der Waals surface area contributed by atoms with Gasteiger partial charge in [0.2, 0.25) is 5.91 Å². The molecule has 1 saturated carbocycles. The summed E-state index contributed by atoms with van der Waals surface area (Å²) < 4.78 is 1.95. The van der Waals surface area contributed by atoms with E-state index in [4.69, 9.17) is 11.6 Å². The Labute approximate surface area is 113 Å². The largest absolute Gasteiger partial charge is 0.354 e. The van der Waals surface area contributed by atoms with Crippen molar-refractivity contribution in [2.75, 3.05) is 0 Å². The summed E-state index contributed by atoms with van der Waals surface area (Å²) in [6, 6.07) is 0.203.